The van der Waals surface area contributed by atoms with Gasteiger partial charge in [0.05, 0.1) is 10.6 Å². The molecule has 0 bridgehead atoms. The SMILES string of the molecule is CSc1nc(Nc2ccc(Cl)c(C(F)(F)F)c2)cc(N2CCN(C)CC2)n1. The minimum atomic E-state index is -4.52. The third-order valence-corrected chi connectivity index (χ3v) is 5.12. The van der Waals surface area contributed by atoms with Gasteiger partial charge in [0.2, 0.25) is 0 Å². The second-order valence-electron chi connectivity index (χ2n) is 6.21. The average Bonchev–Trinajstić information content (AvgIpc) is 2.62. The molecule has 1 aliphatic heterocycles. The number of benzene rings is 1. The quantitative estimate of drug-likeness (QED) is 0.589. The van der Waals surface area contributed by atoms with Crippen LogP contribution in [-0.4, -0.2) is 54.4 Å². The smallest absolute Gasteiger partial charge is 0.354 e. The van der Waals surface area contributed by atoms with E-state index in [1.165, 1.54) is 23.9 Å². The molecule has 1 aliphatic rings. The van der Waals surface area contributed by atoms with E-state index in [1.807, 2.05) is 6.26 Å². The number of hydrogen-bond donors (Lipinski definition) is 1. The van der Waals surface area contributed by atoms with Gasteiger partial charge in [-0.2, -0.15) is 13.2 Å². The monoisotopic (exact) mass is 417 g/mol. The zero-order chi connectivity index (χ0) is 19.6. The Hall–Kier alpha value is -1.71. The van der Waals surface area contributed by atoms with Crippen LogP contribution in [0.4, 0.5) is 30.5 Å². The van der Waals surface area contributed by atoms with E-state index in [4.69, 9.17) is 11.6 Å². The maximum absolute atomic E-state index is 13.1. The van der Waals surface area contributed by atoms with Crippen LogP contribution < -0.4 is 10.2 Å². The average molecular weight is 418 g/mol. The minimum absolute atomic E-state index is 0.266. The predicted molar refractivity (Wildman–Crippen MR) is 103 cm³/mol. The Kier molecular flexibility index (Phi) is 6.02. The number of nitrogens with one attached hydrogen (secondary N) is 1. The highest BCUT2D eigenvalue weighted by atomic mass is 35.5. The number of anilines is 3. The van der Waals surface area contributed by atoms with Crippen molar-refractivity contribution in [3.8, 4) is 0 Å². The number of halogens is 4. The standard InChI is InChI=1S/C17H19ClF3N5S/c1-25-5-7-26(8-6-25)15-10-14(23-16(24-15)27-2)22-11-3-4-13(18)12(9-11)17(19,20)21/h3-4,9-10H,5-8H2,1-2H3,(H,22,23,24). The van der Waals surface area contributed by atoms with Gasteiger partial charge in [-0.15, -0.1) is 0 Å². The maximum atomic E-state index is 13.1. The van der Waals surface area contributed by atoms with Crippen LogP contribution in [0.2, 0.25) is 5.02 Å². The first-order chi connectivity index (χ1) is 12.8. The number of alkyl halides is 3. The zero-order valence-corrected chi connectivity index (χ0v) is 16.4. The van der Waals surface area contributed by atoms with E-state index >= 15 is 0 Å². The van der Waals surface area contributed by atoms with Crippen molar-refractivity contribution < 1.29 is 13.2 Å². The summed E-state index contributed by atoms with van der Waals surface area (Å²) in [5.41, 5.74) is -0.616. The molecule has 1 fully saturated rings. The lowest BCUT2D eigenvalue weighted by Gasteiger charge is -2.33. The number of piperazine rings is 1. The Labute approximate surface area is 164 Å². The van der Waals surface area contributed by atoms with Crippen LogP contribution in [0.15, 0.2) is 29.4 Å². The van der Waals surface area contributed by atoms with E-state index in [9.17, 15) is 13.2 Å². The Morgan fingerprint density at radius 3 is 2.44 bits per heavy atom. The van der Waals surface area contributed by atoms with Gasteiger partial charge >= 0.3 is 6.18 Å². The van der Waals surface area contributed by atoms with E-state index in [-0.39, 0.29) is 10.7 Å². The molecular weight excluding hydrogens is 399 g/mol. The molecule has 0 unspecified atom stereocenters. The third kappa shape index (κ3) is 4.97. The summed E-state index contributed by atoms with van der Waals surface area (Å²) in [6.07, 6.45) is -2.66. The number of likely N-dealkylation sites (N-methyl/N-ethyl adjacent to an activating group) is 1. The highest BCUT2D eigenvalue weighted by molar-refractivity contribution is 7.98. The van der Waals surface area contributed by atoms with Crippen LogP contribution in [0.25, 0.3) is 0 Å². The van der Waals surface area contributed by atoms with E-state index in [1.54, 1.807) is 6.07 Å². The van der Waals surface area contributed by atoms with Crippen LogP contribution in [-0.2, 0) is 6.18 Å². The van der Waals surface area contributed by atoms with Gasteiger partial charge in [-0.25, -0.2) is 9.97 Å². The summed E-state index contributed by atoms with van der Waals surface area (Å²) in [7, 11) is 2.07. The first kappa shape index (κ1) is 20.0. The lowest BCUT2D eigenvalue weighted by atomic mass is 10.2. The first-order valence-electron chi connectivity index (χ1n) is 8.26. The fraction of sp³-hybridized carbons (Fsp3) is 0.412. The van der Waals surface area contributed by atoms with Gasteiger partial charge in [0.25, 0.3) is 0 Å². The molecule has 5 nitrogen and oxygen atoms in total. The second kappa shape index (κ2) is 8.12. The maximum Gasteiger partial charge on any atom is 0.417 e. The van der Waals surface area contributed by atoms with E-state index in [0.29, 0.717) is 11.0 Å². The molecule has 10 heteroatoms. The second-order valence-corrected chi connectivity index (χ2v) is 7.39. The lowest BCUT2D eigenvalue weighted by Crippen LogP contribution is -2.44. The predicted octanol–water partition coefficient (Wildman–Crippen LogP) is 4.37. The zero-order valence-electron chi connectivity index (χ0n) is 14.8. The molecule has 0 saturated carbocycles. The molecule has 3 rings (SSSR count). The molecule has 1 N–H and O–H groups in total. The van der Waals surface area contributed by atoms with Crippen molar-refractivity contribution in [2.24, 2.45) is 0 Å². The van der Waals surface area contributed by atoms with Crippen LogP contribution in [0, 0.1) is 0 Å². The van der Waals surface area contributed by atoms with E-state index in [0.717, 1.165) is 38.1 Å². The largest absolute Gasteiger partial charge is 0.417 e. The Morgan fingerprint density at radius 2 is 1.81 bits per heavy atom. The van der Waals surface area contributed by atoms with Gasteiger partial charge in [-0.05, 0) is 31.5 Å². The third-order valence-electron chi connectivity index (χ3n) is 4.25. The summed E-state index contributed by atoms with van der Waals surface area (Å²) in [4.78, 5) is 13.3. The number of hydrogen-bond acceptors (Lipinski definition) is 6. The summed E-state index contributed by atoms with van der Waals surface area (Å²) < 4.78 is 39.2. The van der Waals surface area contributed by atoms with Crippen molar-refractivity contribution in [2.75, 3.05) is 49.7 Å². The highest BCUT2D eigenvalue weighted by Gasteiger charge is 2.33. The molecule has 146 valence electrons. The molecule has 2 heterocycles. The van der Waals surface area contributed by atoms with Crippen molar-refractivity contribution in [1.29, 1.82) is 0 Å². The Balaban J connectivity index is 1.88. The van der Waals surface area contributed by atoms with Gasteiger partial charge in [-0.3, -0.25) is 0 Å². The van der Waals surface area contributed by atoms with Crippen molar-refractivity contribution in [3.63, 3.8) is 0 Å². The Morgan fingerprint density at radius 1 is 1.11 bits per heavy atom. The molecule has 1 aromatic heterocycles. The summed E-state index contributed by atoms with van der Waals surface area (Å²) in [5.74, 6) is 1.20. The van der Waals surface area contributed by atoms with Gasteiger partial charge in [0.15, 0.2) is 5.16 Å². The highest BCUT2D eigenvalue weighted by Crippen LogP contribution is 2.36. The molecule has 1 aromatic carbocycles. The van der Waals surface area contributed by atoms with Crippen LogP contribution >= 0.6 is 23.4 Å². The molecule has 0 atom stereocenters. The van der Waals surface area contributed by atoms with Crippen molar-refractivity contribution in [3.05, 3.63) is 34.9 Å². The summed E-state index contributed by atoms with van der Waals surface area (Å²) >= 11 is 7.06. The number of aromatic nitrogens is 2. The van der Waals surface area contributed by atoms with Crippen molar-refractivity contribution >= 4 is 40.7 Å². The molecule has 2 aromatic rings. The molecule has 0 spiro atoms. The molecular formula is C17H19ClF3N5S. The van der Waals surface area contributed by atoms with Gasteiger partial charge < -0.3 is 15.1 Å². The Bertz CT molecular complexity index is 810. The summed E-state index contributed by atoms with van der Waals surface area (Å²) in [6, 6.07) is 5.46. The van der Waals surface area contributed by atoms with Crippen molar-refractivity contribution in [2.45, 2.75) is 11.3 Å². The fourth-order valence-corrected chi connectivity index (χ4v) is 3.33. The minimum Gasteiger partial charge on any atom is -0.354 e. The molecule has 27 heavy (non-hydrogen) atoms. The van der Waals surface area contributed by atoms with Crippen molar-refractivity contribution in [1.82, 2.24) is 14.9 Å². The normalized spacial score (nSPS) is 15.9. The van der Waals surface area contributed by atoms with E-state index < -0.39 is 11.7 Å². The van der Waals surface area contributed by atoms with Gasteiger partial charge in [0, 0.05) is 37.9 Å². The number of nitrogens with zero attached hydrogens (tertiary/aromatic N) is 4. The van der Waals surface area contributed by atoms with Gasteiger partial charge in [0.1, 0.15) is 11.6 Å². The molecule has 0 amide bonds. The molecule has 0 aliphatic carbocycles. The van der Waals surface area contributed by atoms with Crippen LogP contribution in [0.3, 0.4) is 0 Å². The van der Waals surface area contributed by atoms with Crippen LogP contribution in [0.1, 0.15) is 5.56 Å². The summed E-state index contributed by atoms with van der Waals surface area (Å²) in [6.45, 7) is 3.51. The van der Waals surface area contributed by atoms with E-state index in [2.05, 4.69) is 32.1 Å². The first-order valence-corrected chi connectivity index (χ1v) is 9.87. The van der Waals surface area contributed by atoms with Gasteiger partial charge in [-0.1, -0.05) is 23.4 Å². The fourth-order valence-electron chi connectivity index (χ4n) is 2.73. The topological polar surface area (TPSA) is 44.3 Å². The number of thioether (sulfide) groups is 1. The van der Waals surface area contributed by atoms with Crippen LogP contribution in [0.5, 0.6) is 0 Å². The number of rotatable bonds is 4. The molecule has 1 saturated heterocycles. The summed E-state index contributed by atoms with van der Waals surface area (Å²) in [5, 5.41) is 3.17. The molecule has 0 radical (unpaired) electrons. The lowest BCUT2D eigenvalue weighted by molar-refractivity contribution is -0.137.